The Morgan fingerprint density at radius 2 is 2.11 bits per heavy atom. The Balaban J connectivity index is 2.22. The second-order valence-corrected chi connectivity index (χ2v) is 5.82. The van der Waals surface area contributed by atoms with E-state index in [2.05, 4.69) is 36.3 Å². The van der Waals surface area contributed by atoms with Gasteiger partial charge in [-0.25, -0.2) is 0 Å². The first-order valence-electron chi connectivity index (χ1n) is 7.13. The summed E-state index contributed by atoms with van der Waals surface area (Å²) in [5.74, 6) is 0. The number of hydrogen-bond acceptors (Lipinski definition) is 4. The molecular weight excluding hydrogens is 236 g/mol. The maximum absolute atomic E-state index is 6.06. The lowest BCUT2D eigenvalue weighted by Gasteiger charge is -2.43. The standard InChI is InChI=1S/C15H26N4/c1-17-14(10-12-11-18-9-6-13(12)16)15(19(2)3)7-4-5-8-15/h6,9,11,14,17H,4-5,7-8,10H2,1-3H3,(H2,16,18). The van der Waals surface area contributed by atoms with Crippen LogP contribution in [0.3, 0.4) is 0 Å². The number of pyridine rings is 1. The fraction of sp³-hybridized carbons (Fsp3) is 0.667. The van der Waals surface area contributed by atoms with Gasteiger partial charge in [0.2, 0.25) is 0 Å². The average Bonchev–Trinajstić information content (AvgIpc) is 2.88. The number of hydrogen-bond donors (Lipinski definition) is 2. The molecule has 2 rings (SSSR count). The molecule has 1 aliphatic rings. The monoisotopic (exact) mass is 262 g/mol. The van der Waals surface area contributed by atoms with E-state index in [9.17, 15) is 0 Å². The lowest BCUT2D eigenvalue weighted by Crippen LogP contribution is -2.57. The van der Waals surface area contributed by atoms with Crippen LogP contribution in [0.1, 0.15) is 31.2 Å². The van der Waals surface area contributed by atoms with Crippen LogP contribution in [0.2, 0.25) is 0 Å². The minimum Gasteiger partial charge on any atom is -0.398 e. The molecule has 0 saturated heterocycles. The van der Waals surface area contributed by atoms with Gasteiger partial charge in [0.15, 0.2) is 0 Å². The van der Waals surface area contributed by atoms with E-state index in [1.165, 1.54) is 25.7 Å². The summed E-state index contributed by atoms with van der Waals surface area (Å²) in [6, 6.07) is 2.30. The molecule has 0 radical (unpaired) electrons. The minimum atomic E-state index is 0.247. The first-order chi connectivity index (χ1) is 9.10. The van der Waals surface area contributed by atoms with E-state index in [-0.39, 0.29) is 5.54 Å². The summed E-state index contributed by atoms with van der Waals surface area (Å²) in [5, 5.41) is 3.52. The summed E-state index contributed by atoms with van der Waals surface area (Å²) in [7, 11) is 6.45. The zero-order chi connectivity index (χ0) is 13.9. The predicted molar refractivity (Wildman–Crippen MR) is 80.1 cm³/mol. The van der Waals surface area contributed by atoms with E-state index < -0.39 is 0 Å². The van der Waals surface area contributed by atoms with E-state index in [4.69, 9.17) is 5.73 Å². The molecule has 0 aliphatic heterocycles. The van der Waals surface area contributed by atoms with Gasteiger partial charge in [0.1, 0.15) is 0 Å². The molecule has 1 aromatic rings. The summed E-state index contributed by atoms with van der Waals surface area (Å²) in [6.07, 6.45) is 9.74. The number of nitrogen functional groups attached to an aromatic ring is 1. The molecule has 1 aromatic heterocycles. The molecular formula is C15H26N4. The molecule has 106 valence electrons. The molecule has 3 N–H and O–H groups in total. The fourth-order valence-electron chi connectivity index (χ4n) is 3.48. The summed E-state index contributed by atoms with van der Waals surface area (Å²) >= 11 is 0. The van der Waals surface area contributed by atoms with E-state index >= 15 is 0 Å². The van der Waals surface area contributed by atoms with E-state index in [0.29, 0.717) is 6.04 Å². The van der Waals surface area contributed by atoms with Crippen molar-refractivity contribution >= 4 is 5.69 Å². The van der Waals surface area contributed by atoms with Crippen LogP contribution < -0.4 is 11.1 Å². The Kier molecular flexibility index (Phi) is 4.42. The van der Waals surface area contributed by atoms with E-state index in [1.807, 2.05) is 12.3 Å². The Morgan fingerprint density at radius 3 is 2.63 bits per heavy atom. The quantitative estimate of drug-likeness (QED) is 0.847. The van der Waals surface area contributed by atoms with Crippen LogP contribution in [-0.2, 0) is 6.42 Å². The van der Waals surface area contributed by atoms with Gasteiger partial charge < -0.3 is 16.0 Å². The van der Waals surface area contributed by atoms with Gasteiger partial charge in [-0.15, -0.1) is 0 Å². The van der Waals surface area contributed by atoms with Crippen molar-refractivity contribution in [3.63, 3.8) is 0 Å². The molecule has 0 bridgehead atoms. The zero-order valence-electron chi connectivity index (χ0n) is 12.3. The molecule has 0 spiro atoms. The minimum absolute atomic E-state index is 0.247. The number of aromatic nitrogens is 1. The number of likely N-dealkylation sites (N-methyl/N-ethyl adjacent to an activating group) is 2. The molecule has 4 nitrogen and oxygen atoms in total. The molecule has 19 heavy (non-hydrogen) atoms. The van der Waals surface area contributed by atoms with Crippen LogP contribution in [0, 0.1) is 0 Å². The molecule has 1 saturated carbocycles. The largest absolute Gasteiger partial charge is 0.398 e. The molecule has 1 heterocycles. The predicted octanol–water partition coefficient (Wildman–Crippen LogP) is 1.67. The van der Waals surface area contributed by atoms with Gasteiger partial charge in [0, 0.05) is 29.7 Å². The maximum Gasteiger partial charge on any atom is 0.0378 e. The van der Waals surface area contributed by atoms with Gasteiger partial charge in [-0.1, -0.05) is 12.8 Å². The average molecular weight is 262 g/mol. The van der Waals surface area contributed by atoms with Gasteiger partial charge in [0.25, 0.3) is 0 Å². The molecule has 1 fully saturated rings. The van der Waals surface area contributed by atoms with Crippen LogP contribution in [0.25, 0.3) is 0 Å². The van der Waals surface area contributed by atoms with E-state index in [0.717, 1.165) is 17.7 Å². The Hall–Kier alpha value is -1.13. The van der Waals surface area contributed by atoms with Gasteiger partial charge in [-0.2, -0.15) is 0 Å². The second-order valence-electron chi connectivity index (χ2n) is 5.82. The maximum atomic E-state index is 6.06. The summed E-state index contributed by atoms with van der Waals surface area (Å²) in [5.41, 5.74) is 8.30. The number of rotatable bonds is 5. The highest BCUT2D eigenvalue weighted by atomic mass is 15.2. The molecule has 1 atom stereocenters. The Morgan fingerprint density at radius 1 is 1.42 bits per heavy atom. The van der Waals surface area contributed by atoms with Crippen LogP contribution in [0.15, 0.2) is 18.5 Å². The van der Waals surface area contributed by atoms with Crippen LogP contribution in [0.4, 0.5) is 5.69 Å². The van der Waals surface area contributed by atoms with Crippen molar-refractivity contribution in [1.82, 2.24) is 15.2 Å². The number of nitrogens with one attached hydrogen (secondary N) is 1. The third kappa shape index (κ3) is 2.74. The number of nitrogens with zero attached hydrogens (tertiary/aromatic N) is 2. The third-order valence-electron chi connectivity index (χ3n) is 4.72. The summed E-state index contributed by atoms with van der Waals surface area (Å²) in [4.78, 5) is 6.60. The molecule has 0 amide bonds. The van der Waals surface area contributed by atoms with Crippen molar-refractivity contribution in [2.45, 2.75) is 43.7 Å². The zero-order valence-corrected chi connectivity index (χ0v) is 12.3. The molecule has 1 unspecified atom stereocenters. The van der Waals surface area contributed by atoms with E-state index in [1.54, 1.807) is 6.20 Å². The van der Waals surface area contributed by atoms with Crippen molar-refractivity contribution in [3.05, 3.63) is 24.0 Å². The highest BCUT2D eigenvalue weighted by molar-refractivity contribution is 5.45. The van der Waals surface area contributed by atoms with Crippen LogP contribution in [-0.4, -0.2) is 42.6 Å². The van der Waals surface area contributed by atoms with Gasteiger partial charge >= 0.3 is 0 Å². The molecule has 4 heteroatoms. The molecule has 0 aromatic carbocycles. The van der Waals surface area contributed by atoms with Crippen LogP contribution in [0.5, 0.6) is 0 Å². The number of anilines is 1. The SMILES string of the molecule is CNC(Cc1cnccc1N)C1(N(C)C)CCCC1. The first-order valence-corrected chi connectivity index (χ1v) is 7.13. The van der Waals surface area contributed by atoms with Crippen molar-refractivity contribution in [2.75, 3.05) is 26.9 Å². The second kappa shape index (κ2) is 5.88. The van der Waals surface area contributed by atoms with Gasteiger partial charge in [-0.3, -0.25) is 4.98 Å². The fourth-order valence-corrected chi connectivity index (χ4v) is 3.48. The van der Waals surface area contributed by atoms with Crippen molar-refractivity contribution < 1.29 is 0 Å². The third-order valence-corrected chi connectivity index (χ3v) is 4.72. The van der Waals surface area contributed by atoms with Crippen molar-refractivity contribution in [1.29, 1.82) is 0 Å². The Bertz CT molecular complexity index is 410. The lowest BCUT2D eigenvalue weighted by atomic mass is 9.83. The Labute approximate surface area is 116 Å². The van der Waals surface area contributed by atoms with Gasteiger partial charge in [0.05, 0.1) is 0 Å². The first kappa shape index (κ1) is 14.3. The topological polar surface area (TPSA) is 54.2 Å². The molecule has 1 aliphatic carbocycles. The smallest absolute Gasteiger partial charge is 0.0378 e. The number of nitrogens with two attached hydrogens (primary N) is 1. The van der Waals surface area contributed by atoms with Gasteiger partial charge in [-0.05, 0) is 52.0 Å². The normalized spacial score (nSPS) is 19.8. The van der Waals surface area contributed by atoms with Crippen LogP contribution >= 0.6 is 0 Å². The summed E-state index contributed by atoms with van der Waals surface area (Å²) < 4.78 is 0. The summed E-state index contributed by atoms with van der Waals surface area (Å²) in [6.45, 7) is 0. The highest BCUT2D eigenvalue weighted by Crippen LogP contribution is 2.38. The van der Waals surface area contributed by atoms with Crippen molar-refractivity contribution in [2.24, 2.45) is 0 Å². The highest BCUT2D eigenvalue weighted by Gasteiger charge is 2.42. The van der Waals surface area contributed by atoms with Crippen molar-refractivity contribution in [3.8, 4) is 0 Å². The lowest BCUT2D eigenvalue weighted by molar-refractivity contribution is 0.108.